The van der Waals surface area contributed by atoms with Crippen LogP contribution in [0, 0.1) is 6.92 Å². The van der Waals surface area contributed by atoms with Gasteiger partial charge in [0.1, 0.15) is 5.60 Å². The first kappa shape index (κ1) is 16.1. The van der Waals surface area contributed by atoms with Gasteiger partial charge in [-0.3, -0.25) is 9.59 Å². The number of aliphatic hydroxyl groups is 2. The molecule has 0 spiro atoms. The van der Waals surface area contributed by atoms with Crippen LogP contribution in [0.15, 0.2) is 24.3 Å². The standard InChI is InChI=1S/C14H20N2O4/c1-10-3-5-11(6-4-10)13(19)15-7-12(18)16-8-14(2,20)9-17/h3-6,17,20H,7-9H2,1-2H3,(H,15,19)(H,16,18). The summed E-state index contributed by atoms with van der Waals surface area (Å²) in [6, 6.07) is 6.99. The van der Waals surface area contributed by atoms with Crippen LogP contribution in [0.5, 0.6) is 0 Å². The summed E-state index contributed by atoms with van der Waals surface area (Å²) in [4.78, 5) is 23.2. The van der Waals surface area contributed by atoms with Gasteiger partial charge in [-0.15, -0.1) is 0 Å². The second-order valence-electron chi connectivity index (χ2n) is 4.98. The average Bonchev–Trinajstić information content (AvgIpc) is 2.43. The fourth-order valence-corrected chi connectivity index (χ4v) is 1.37. The lowest BCUT2D eigenvalue weighted by atomic mass is 10.1. The Morgan fingerprint density at radius 1 is 1.20 bits per heavy atom. The summed E-state index contributed by atoms with van der Waals surface area (Å²) in [5.74, 6) is -0.770. The molecule has 20 heavy (non-hydrogen) atoms. The van der Waals surface area contributed by atoms with E-state index in [2.05, 4.69) is 10.6 Å². The minimum atomic E-state index is -1.36. The van der Waals surface area contributed by atoms with Gasteiger partial charge in [0.15, 0.2) is 0 Å². The maximum atomic E-state index is 11.7. The number of amides is 2. The predicted molar refractivity (Wildman–Crippen MR) is 74.2 cm³/mol. The first-order valence-corrected chi connectivity index (χ1v) is 6.29. The number of carbonyl (C=O) groups is 2. The van der Waals surface area contributed by atoms with Crippen molar-refractivity contribution in [3.63, 3.8) is 0 Å². The van der Waals surface area contributed by atoms with E-state index in [-0.39, 0.29) is 19.0 Å². The zero-order chi connectivity index (χ0) is 15.2. The molecule has 1 atom stereocenters. The van der Waals surface area contributed by atoms with Crippen molar-refractivity contribution >= 4 is 11.8 Å². The number of benzene rings is 1. The minimum Gasteiger partial charge on any atom is -0.393 e. The van der Waals surface area contributed by atoms with E-state index in [0.29, 0.717) is 5.56 Å². The lowest BCUT2D eigenvalue weighted by molar-refractivity contribution is -0.121. The van der Waals surface area contributed by atoms with Crippen molar-refractivity contribution in [3.05, 3.63) is 35.4 Å². The van der Waals surface area contributed by atoms with Crippen LogP contribution >= 0.6 is 0 Å². The molecule has 1 aromatic carbocycles. The van der Waals surface area contributed by atoms with E-state index in [4.69, 9.17) is 5.11 Å². The van der Waals surface area contributed by atoms with Gasteiger partial charge in [0.25, 0.3) is 5.91 Å². The third kappa shape index (κ3) is 5.38. The van der Waals surface area contributed by atoms with Gasteiger partial charge in [0.05, 0.1) is 13.2 Å². The smallest absolute Gasteiger partial charge is 0.251 e. The maximum Gasteiger partial charge on any atom is 0.251 e. The zero-order valence-corrected chi connectivity index (χ0v) is 11.6. The summed E-state index contributed by atoms with van der Waals surface area (Å²) >= 11 is 0. The van der Waals surface area contributed by atoms with Crippen LogP contribution in [0.3, 0.4) is 0 Å². The van der Waals surface area contributed by atoms with Crippen LogP contribution < -0.4 is 10.6 Å². The van der Waals surface area contributed by atoms with E-state index in [1.807, 2.05) is 19.1 Å². The fraction of sp³-hybridized carbons (Fsp3) is 0.429. The summed E-state index contributed by atoms with van der Waals surface area (Å²) in [5, 5.41) is 23.2. The highest BCUT2D eigenvalue weighted by Crippen LogP contribution is 2.02. The number of hydrogen-bond acceptors (Lipinski definition) is 4. The molecule has 6 nitrogen and oxygen atoms in total. The average molecular weight is 280 g/mol. The molecular formula is C14H20N2O4. The van der Waals surface area contributed by atoms with Gasteiger partial charge >= 0.3 is 0 Å². The molecule has 0 aliphatic carbocycles. The Morgan fingerprint density at radius 3 is 2.35 bits per heavy atom. The summed E-state index contributed by atoms with van der Waals surface area (Å²) in [7, 11) is 0. The van der Waals surface area contributed by atoms with E-state index in [0.717, 1.165) is 5.56 Å². The quantitative estimate of drug-likeness (QED) is 0.569. The molecule has 110 valence electrons. The zero-order valence-electron chi connectivity index (χ0n) is 11.6. The van der Waals surface area contributed by atoms with Crippen LogP contribution in [0.4, 0.5) is 0 Å². The Labute approximate surface area is 117 Å². The third-order valence-corrected chi connectivity index (χ3v) is 2.73. The van der Waals surface area contributed by atoms with E-state index >= 15 is 0 Å². The summed E-state index contributed by atoms with van der Waals surface area (Å²) in [6.45, 7) is 2.60. The third-order valence-electron chi connectivity index (χ3n) is 2.73. The van der Waals surface area contributed by atoms with E-state index in [1.165, 1.54) is 6.92 Å². The number of aryl methyl sites for hydroxylation is 1. The lowest BCUT2D eigenvalue weighted by Gasteiger charge is -2.20. The molecule has 1 unspecified atom stereocenters. The molecule has 2 amide bonds. The van der Waals surface area contributed by atoms with Crippen molar-refractivity contribution in [1.82, 2.24) is 10.6 Å². The first-order chi connectivity index (χ1) is 9.34. The Kier molecular flexibility index (Phi) is 5.66. The molecule has 0 fully saturated rings. The van der Waals surface area contributed by atoms with Crippen molar-refractivity contribution in [2.75, 3.05) is 19.7 Å². The molecule has 0 aliphatic heterocycles. The molecule has 1 rings (SSSR count). The molecule has 0 saturated heterocycles. The Morgan fingerprint density at radius 2 is 1.80 bits per heavy atom. The highest BCUT2D eigenvalue weighted by molar-refractivity contribution is 5.96. The molecule has 4 N–H and O–H groups in total. The van der Waals surface area contributed by atoms with E-state index in [1.54, 1.807) is 12.1 Å². The number of aliphatic hydroxyl groups excluding tert-OH is 1. The molecule has 0 aliphatic rings. The number of carbonyl (C=O) groups excluding carboxylic acids is 2. The maximum absolute atomic E-state index is 11.7. The van der Waals surface area contributed by atoms with Crippen molar-refractivity contribution in [3.8, 4) is 0 Å². The van der Waals surface area contributed by atoms with Crippen molar-refractivity contribution in [1.29, 1.82) is 0 Å². The molecule has 1 aromatic rings. The van der Waals surface area contributed by atoms with Crippen LogP contribution in [-0.4, -0.2) is 47.3 Å². The Bertz CT molecular complexity index is 469. The Hall–Kier alpha value is -1.92. The number of rotatable bonds is 6. The van der Waals surface area contributed by atoms with Gasteiger partial charge in [-0.1, -0.05) is 17.7 Å². The molecule has 0 radical (unpaired) electrons. The van der Waals surface area contributed by atoms with Gasteiger partial charge in [0.2, 0.25) is 5.91 Å². The Balaban J connectivity index is 2.37. The van der Waals surface area contributed by atoms with Gasteiger partial charge in [-0.05, 0) is 26.0 Å². The number of hydrogen-bond donors (Lipinski definition) is 4. The molecule has 6 heteroatoms. The molecule has 0 bridgehead atoms. The number of nitrogens with one attached hydrogen (secondary N) is 2. The van der Waals surface area contributed by atoms with Gasteiger partial charge < -0.3 is 20.8 Å². The highest BCUT2D eigenvalue weighted by atomic mass is 16.3. The minimum absolute atomic E-state index is 0.0806. The van der Waals surface area contributed by atoms with Gasteiger partial charge in [-0.2, -0.15) is 0 Å². The summed E-state index contributed by atoms with van der Waals surface area (Å²) < 4.78 is 0. The van der Waals surface area contributed by atoms with Crippen LogP contribution in [0.2, 0.25) is 0 Å². The molecule has 0 aromatic heterocycles. The second kappa shape index (κ2) is 7.02. The SMILES string of the molecule is Cc1ccc(C(=O)NCC(=O)NCC(C)(O)CO)cc1. The largest absolute Gasteiger partial charge is 0.393 e. The second-order valence-corrected chi connectivity index (χ2v) is 4.98. The summed E-state index contributed by atoms with van der Waals surface area (Å²) in [5.41, 5.74) is 0.160. The lowest BCUT2D eigenvalue weighted by Crippen LogP contribution is -2.46. The van der Waals surface area contributed by atoms with Crippen molar-refractivity contribution in [2.45, 2.75) is 19.4 Å². The molecule has 0 saturated carbocycles. The molecular weight excluding hydrogens is 260 g/mol. The van der Waals surface area contributed by atoms with Crippen LogP contribution in [-0.2, 0) is 4.79 Å². The van der Waals surface area contributed by atoms with E-state index < -0.39 is 18.1 Å². The normalized spacial score (nSPS) is 13.4. The first-order valence-electron chi connectivity index (χ1n) is 6.29. The predicted octanol–water partition coefficient (Wildman–Crippen LogP) is -0.416. The topological polar surface area (TPSA) is 98.7 Å². The van der Waals surface area contributed by atoms with E-state index in [9.17, 15) is 14.7 Å². The highest BCUT2D eigenvalue weighted by Gasteiger charge is 2.19. The van der Waals surface area contributed by atoms with Crippen LogP contribution in [0.1, 0.15) is 22.8 Å². The molecule has 0 heterocycles. The fourth-order valence-electron chi connectivity index (χ4n) is 1.37. The van der Waals surface area contributed by atoms with Crippen molar-refractivity contribution < 1.29 is 19.8 Å². The monoisotopic (exact) mass is 280 g/mol. The van der Waals surface area contributed by atoms with Crippen LogP contribution in [0.25, 0.3) is 0 Å². The summed E-state index contributed by atoms with van der Waals surface area (Å²) in [6.07, 6.45) is 0. The van der Waals surface area contributed by atoms with Gasteiger partial charge in [0, 0.05) is 12.1 Å². The van der Waals surface area contributed by atoms with Crippen molar-refractivity contribution in [2.24, 2.45) is 0 Å². The van der Waals surface area contributed by atoms with Gasteiger partial charge in [-0.25, -0.2) is 0 Å².